The van der Waals surface area contributed by atoms with Crippen molar-refractivity contribution in [1.82, 2.24) is 10.2 Å². The van der Waals surface area contributed by atoms with Crippen LogP contribution in [0.2, 0.25) is 0 Å². The van der Waals surface area contributed by atoms with E-state index in [1.807, 2.05) is 45.0 Å². The van der Waals surface area contributed by atoms with Crippen molar-refractivity contribution in [3.8, 4) is 5.75 Å². The lowest BCUT2D eigenvalue weighted by molar-refractivity contribution is -0.126. The number of ether oxygens (including phenoxy) is 3. The van der Waals surface area contributed by atoms with Crippen LogP contribution in [-0.2, 0) is 27.3 Å². The maximum absolute atomic E-state index is 12.9. The number of likely N-dealkylation sites (tertiary alicyclic amines) is 1. The van der Waals surface area contributed by atoms with Crippen LogP contribution in [0, 0.1) is 5.82 Å². The van der Waals surface area contributed by atoms with E-state index in [9.17, 15) is 14.0 Å². The third-order valence-electron chi connectivity index (χ3n) is 5.40. The van der Waals surface area contributed by atoms with E-state index in [-0.39, 0.29) is 37.1 Å². The molecule has 2 amide bonds. The van der Waals surface area contributed by atoms with E-state index in [1.54, 1.807) is 17.0 Å². The Morgan fingerprint density at radius 3 is 2.43 bits per heavy atom. The average molecular weight is 487 g/mol. The summed E-state index contributed by atoms with van der Waals surface area (Å²) in [6.45, 7) is 7.51. The highest BCUT2D eigenvalue weighted by molar-refractivity contribution is 5.77. The molecule has 0 aromatic heterocycles. The van der Waals surface area contributed by atoms with Crippen molar-refractivity contribution in [3.63, 3.8) is 0 Å². The number of hydrogen-bond donors (Lipinski definition) is 1. The SMILES string of the molecule is CC(C)(C)OC(=O)N1CCC(Oc2ccc(CCCNC(=O)COCc3ccc(F)cc3)cc2)C1. The fourth-order valence-corrected chi connectivity index (χ4v) is 3.66. The summed E-state index contributed by atoms with van der Waals surface area (Å²) >= 11 is 0. The summed E-state index contributed by atoms with van der Waals surface area (Å²) in [5.74, 6) is 0.304. The Morgan fingerprint density at radius 1 is 1.06 bits per heavy atom. The molecule has 0 radical (unpaired) electrons. The van der Waals surface area contributed by atoms with Crippen molar-refractivity contribution in [2.75, 3.05) is 26.2 Å². The highest BCUT2D eigenvalue weighted by atomic mass is 19.1. The van der Waals surface area contributed by atoms with Gasteiger partial charge >= 0.3 is 6.09 Å². The maximum atomic E-state index is 12.9. The molecule has 1 aliphatic heterocycles. The van der Waals surface area contributed by atoms with Crippen molar-refractivity contribution in [2.45, 2.75) is 58.3 Å². The minimum atomic E-state index is -0.506. The summed E-state index contributed by atoms with van der Waals surface area (Å²) in [6, 6.07) is 13.9. The molecular weight excluding hydrogens is 451 g/mol. The van der Waals surface area contributed by atoms with E-state index in [4.69, 9.17) is 14.2 Å². The molecule has 190 valence electrons. The second-order valence-electron chi connectivity index (χ2n) is 9.67. The fraction of sp³-hybridized carbons (Fsp3) is 0.481. The van der Waals surface area contributed by atoms with Gasteiger partial charge in [-0.2, -0.15) is 0 Å². The molecule has 1 aliphatic rings. The van der Waals surface area contributed by atoms with Crippen molar-refractivity contribution < 1.29 is 28.2 Å². The van der Waals surface area contributed by atoms with Crippen LogP contribution < -0.4 is 10.1 Å². The number of nitrogens with zero attached hydrogens (tertiary/aromatic N) is 1. The Balaban J connectivity index is 1.29. The molecule has 3 rings (SSSR count). The quantitative estimate of drug-likeness (QED) is 0.501. The summed E-state index contributed by atoms with van der Waals surface area (Å²) in [5, 5.41) is 2.84. The molecule has 1 unspecified atom stereocenters. The molecule has 35 heavy (non-hydrogen) atoms. The first kappa shape index (κ1) is 26.5. The molecule has 1 fully saturated rings. The van der Waals surface area contributed by atoms with Gasteiger partial charge in [-0.05, 0) is 69.0 Å². The van der Waals surface area contributed by atoms with Crippen LogP contribution in [0.3, 0.4) is 0 Å². The molecule has 0 spiro atoms. The summed E-state index contributed by atoms with van der Waals surface area (Å²) in [4.78, 5) is 25.8. The van der Waals surface area contributed by atoms with Crippen LogP contribution in [0.1, 0.15) is 44.7 Å². The van der Waals surface area contributed by atoms with Crippen molar-refractivity contribution in [2.24, 2.45) is 0 Å². The number of amides is 2. The highest BCUT2D eigenvalue weighted by Gasteiger charge is 2.30. The number of nitrogens with one attached hydrogen (secondary N) is 1. The summed E-state index contributed by atoms with van der Waals surface area (Å²) in [5.41, 5.74) is 1.47. The van der Waals surface area contributed by atoms with E-state index >= 15 is 0 Å². The van der Waals surface area contributed by atoms with Gasteiger partial charge in [0.25, 0.3) is 0 Å². The van der Waals surface area contributed by atoms with Gasteiger partial charge in [0.15, 0.2) is 0 Å². The van der Waals surface area contributed by atoms with Crippen LogP contribution in [0.5, 0.6) is 5.75 Å². The first-order chi connectivity index (χ1) is 16.7. The topological polar surface area (TPSA) is 77.1 Å². The summed E-state index contributed by atoms with van der Waals surface area (Å²) in [6.07, 6.45) is 2.05. The zero-order valence-electron chi connectivity index (χ0n) is 20.7. The first-order valence-electron chi connectivity index (χ1n) is 12.0. The second kappa shape index (κ2) is 12.5. The average Bonchev–Trinajstić information content (AvgIpc) is 3.27. The largest absolute Gasteiger partial charge is 0.489 e. The van der Waals surface area contributed by atoms with Gasteiger partial charge < -0.3 is 24.4 Å². The van der Waals surface area contributed by atoms with E-state index < -0.39 is 5.60 Å². The van der Waals surface area contributed by atoms with E-state index in [1.165, 1.54) is 12.1 Å². The summed E-state index contributed by atoms with van der Waals surface area (Å²) in [7, 11) is 0. The molecule has 0 bridgehead atoms. The number of aryl methyl sites for hydroxylation is 1. The molecule has 1 N–H and O–H groups in total. The lowest BCUT2D eigenvalue weighted by atomic mass is 10.1. The molecule has 0 saturated carbocycles. The van der Waals surface area contributed by atoms with Crippen molar-refractivity contribution in [3.05, 3.63) is 65.5 Å². The minimum absolute atomic E-state index is 0.0318. The van der Waals surface area contributed by atoms with Crippen LogP contribution in [-0.4, -0.2) is 54.8 Å². The Kier molecular flexibility index (Phi) is 9.48. The zero-order chi connectivity index (χ0) is 25.3. The van der Waals surface area contributed by atoms with Crippen LogP contribution >= 0.6 is 0 Å². The predicted molar refractivity (Wildman–Crippen MR) is 131 cm³/mol. The van der Waals surface area contributed by atoms with E-state index in [0.717, 1.165) is 36.1 Å². The smallest absolute Gasteiger partial charge is 0.410 e. The van der Waals surface area contributed by atoms with Gasteiger partial charge in [0.2, 0.25) is 5.91 Å². The number of halogens is 1. The first-order valence-corrected chi connectivity index (χ1v) is 12.0. The number of hydrogen-bond acceptors (Lipinski definition) is 5. The molecule has 8 heteroatoms. The Hall–Kier alpha value is -3.13. The van der Waals surface area contributed by atoms with Gasteiger partial charge in [0.1, 0.15) is 29.9 Å². The van der Waals surface area contributed by atoms with Crippen molar-refractivity contribution in [1.29, 1.82) is 0 Å². The fourth-order valence-electron chi connectivity index (χ4n) is 3.66. The molecule has 7 nitrogen and oxygen atoms in total. The highest BCUT2D eigenvalue weighted by Crippen LogP contribution is 2.21. The van der Waals surface area contributed by atoms with Crippen molar-refractivity contribution >= 4 is 12.0 Å². The number of carbonyl (C=O) groups excluding carboxylic acids is 2. The molecule has 2 aromatic carbocycles. The molecule has 2 aromatic rings. The summed E-state index contributed by atoms with van der Waals surface area (Å²) < 4.78 is 29.7. The number of benzene rings is 2. The number of carbonyl (C=O) groups is 2. The van der Waals surface area contributed by atoms with Gasteiger partial charge in [-0.1, -0.05) is 24.3 Å². The molecular formula is C27H35FN2O5. The third kappa shape index (κ3) is 9.56. The lowest BCUT2D eigenvalue weighted by Crippen LogP contribution is -2.36. The van der Waals surface area contributed by atoms with E-state index in [2.05, 4.69) is 5.32 Å². The standard InChI is InChI=1S/C27H35FN2O5/c1-27(2,3)35-26(32)30-16-14-24(17-30)34-23-12-8-20(9-13-23)5-4-15-29-25(31)19-33-18-21-6-10-22(28)11-7-21/h6-13,24H,4-5,14-19H2,1-3H3,(H,29,31). The van der Waals surface area contributed by atoms with Gasteiger partial charge in [0.05, 0.1) is 13.2 Å². The Morgan fingerprint density at radius 2 is 1.74 bits per heavy atom. The van der Waals surface area contributed by atoms with Crippen LogP contribution in [0.15, 0.2) is 48.5 Å². The molecule has 0 aliphatic carbocycles. The minimum Gasteiger partial charge on any atom is -0.489 e. The van der Waals surface area contributed by atoms with Gasteiger partial charge in [0, 0.05) is 19.5 Å². The molecule has 1 saturated heterocycles. The predicted octanol–water partition coefficient (Wildman–Crippen LogP) is 4.48. The number of rotatable bonds is 10. The zero-order valence-corrected chi connectivity index (χ0v) is 20.7. The Labute approximate surface area is 206 Å². The maximum Gasteiger partial charge on any atom is 0.410 e. The normalized spacial score (nSPS) is 15.7. The molecule has 1 heterocycles. The molecule has 1 atom stereocenters. The Bertz CT molecular complexity index is 957. The van der Waals surface area contributed by atoms with Crippen LogP contribution in [0.4, 0.5) is 9.18 Å². The van der Waals surface area contributed by atoms with Gasteiger partial charge in [-0.3, -0.25) is 4.79 Å². The van der Waals surface area contributed by atoms with E-state index in [0.29, 0.717) is 19.6 Å². The van der Waals surface area contributed by atoms with Gasteiger partial charge in [-0.25, -0.2) is 9.18 Å². The van der Waals surface area contributed by atoms with Gasteiger partial charge in [-0.15, -0.1) is 0 Å². The van der Waals surface area contributed by atoms with Crippen LogP contribution in [0.25, 0.3) is 0 Å². The monoisotopic (exact) mass is 486 g/mol. The second-order valence-corrected chi connectivity index (χ2v) is 9.67. The lowest BCUT2D eigenvalue weighted by Gasteiger charge is -2.24. The third-order valence-corrected chi connectivity index (χ3v) is 5.40.